The first-order valence-corrected chi connectivity index (χ1v) is 13.4. The molecule has 0 bridgehead atoms. The number of para-hydroxylation sites is 1. The second-order valence-electron chi connectivity index (χ2n) is 9.19. The van der Waals surface area contributed by atoms with E-state index >= 15 is 0 Å². The molecule has 0 unspecified atom stereocenters. The predicted molar refractivity (Wildman–Crippen MR) is 154 cm³/mol. The maximum Gasteiger partial charge on any atom is 0.333 e. The molecule has 13 nitrogen and oxygen atoms in total. The summed E-state index contributed by atoms with van der Waals surface area (Å²) >= 11 is 0. The molecule has 5 rings (SSSR count). The zero-order chi connectivity index (χ0) is 28.4. The number of aliphatic hydroxyl groups is 1. The minimum absolute atomic E-state index is 0.195. The van der Waals surface area contributed by atoms with E-state index in [1.54, 1.807) is 30.3 Å². The Balaban J connectivity index is 1.45. The number of anilines is 5. The van der Waals surface area contributed by atoms with Gasteiger partial charge >= 0.3 is 6.03 Å². The number of aromatic nitrogens is 3. The number of morpholine rings is 2. The van der Waals surface area contributed by atoms with E-state index in [1.807, 2.05) is 40.1 Å². The molecule has 2 aromatic carbocycles. The summed E-state index contributed by atoms with van der Waals surface area (Å²) in [6.07, 6.45) is 2.93. The maximum atomic E-state index is 13.8. The van der Waals surface area contributed by atoms with Crippen molar-refractivity contribution in [3.63, 3.8) is 0 Å². The average Bonchev–Trinajstić information content (AvgIpc) is 3.02. The van der Waals surface area contributed by atoms with Gasteiger partial charge in [0, 0.05) is 37.9 Å². The molecule has 0 aliphatic carbocycles. The van der Waals surface area contributed by atoms with Gasteiger partial charge in [-0.05, 0) is 35.9 Å². The van der Waals surface area contributed by atoms with Crippen molar-refractivity contribution in [1.82, 2.24) is 20.3 Å². The van der Waals surface area contributed by atoms with Gasteiger partial charge in [-0.25, -0.2) is 9.69 Å². The summed E-state index contributed by atoms with van der Waals surface area (Å²) in [6.45, 7) is 4.34. The highest BCUT2D eigenvalue weighted by Crippen LogP contribution is 2.27. The van der Waals surface area contributed by atoms with Crippen LogP contribution < -0.4 is 25.3 Å². The first kappa shape index (κ1) is 28.0. The number of carbonyl (C=O) groups is 2. The summed E-state index contributed by atoms with van der Waals surface area (Å²) < 4.78 is 11.0. The van der Waals surface area contributed by atoms with Crippen molar-refractivity contribution < 1.29 is 24.2 Å². The number of hydrogen-bond acceptors (Lipinski definition) is 10. The molecule has 0 atom stereocenters. The third kappa shape index (κ3) is 7.33. The van der Waals surface area contributed by atoms with Gasteiger partial charge in [-0.2, -0.15) is 15.0 Å². The number of hydrogen-bond donors (Lipinski definition) is 3. The highest BCUT2D eigenvalue weighted by molar-refractivity contribution is 6.06. The van der Waals surface area contributed by atoms with Crippen molar-refractivity contribution in [3.05, 3.63) is 66.2 Å². The van der Waals surface area contributed by atoms with Gasteiger partial charge in [0.1, 0.15) is 6.73 Å². The van der Waals surface area contributed by atoms with Crippen LogP contribution in [0.15, 0.2) is 60.7 Å². The number of nitrogens with one attached hydrogen (secondary N) is 2. The Labute approximate surface area is 237 Å². The van der Waals surface area contributed by atoms with E-state index in [1.165, 1.54) is 11.0 Å². The van der Waals surface area contributed by atoms with Gasteiger partial charge in [-0.3, -0.25) is 4.79 Å². The number of amides is 3. The van der Waals surface area contributed by atoms with E-state index in [9.17, 15) is 9.59 Å². The standard InChI is InChI=1S/C28H32N8O5/c37-20-29-24(38)11-8-21-6-9-22(10-7-21)30-28(39)36(23-4-2-1-3-5-23)27-32-25(34-12-16-40-17-13-34)31-26(33-27)35-14-18-41-19-15-35/h1-11,37H,12-20H2,(H,29,38)(H,30,39)/b11-8+. The summed E-state index contributed by atoms with van der Waals surface area (Å²) in [5, 5.41) is 14.0. The van der Waals surface area contributed by atoms with E-state index in [0.717, 1.165) is 5.56 Å². The van der Waals surface area contributed by atoms with Crippen molar-refractivity contribution in [3.8, 4) is 0 Å². The fraction of sp³-hybridized carbons (Fsp3) is 0.321. The third-order valence-corrected chi connectivity index (χ3v) is 6.45. The van der Waals surface area contributed by atoms with Gasteiger partial charge in [-0.1, -0.05) is 30.3 Å². The minimum atomic E-state index is -0.450. The molecule has 3 aromatic rings. The van der Waals surface area contributed by atoms with Crippen LogP contribution in [0.2, 0.25) is 0 Å². The molecule has 13 heteroatoms. The van der Waals surface area contributed by atoms with Crippen molar-refractivity contribution in [2.45, 2.75) is 0 Å². The molecule has 2 aliphatic heterocycles. The number of urea groups is 1. The average molecular weight is 561 g/mol. The summed E-state index contributed by atoms with van der Waals surface area (Å²) in [4.78, 5) is 45.2. The quantitative estimate of drug-likeness (QED) is 0.276. The number of ether oxygens (including phenoxy) is 2. The van der Waals surface area contributed by atoms with Gasteiger partial charge in [0.25, 0.3) is 0 Å². The highest BCUT2D eigenvalue weighted by atomic mass is 16.5. The van der Waals surface area contributed by atoms with E-state index in [-0.39, 0.29) is 5.95 Å². The molecule has 0 saturated carbocycles. The molecule has 1 aromatic heterocycles. The van der Waals surface area contributed by atoms with Gasteiger partial charge in [0.2, 0.25) is 23.8 Å². The summed E-state index contributed by atoms with van der Waals surface area (Å²) in [5.74, 6) is 0.750. The smallest absolute Gasteiger partial charge is 0.333 e. The lowest BCUT2D eigenvalue weighted by Crippen LogP contribution is -2.41. The molecule has 3 N–H and O–H groups in total. The second kappa shape index (κ2) is 13.7. The van der Waals surface area contributed by atoms with E-state index in [2.05, 4.69) is 10.6 Å². The van der Waals surface area contributed by atoms with Gasteiger partial charge < -0.3 is 35.0 Å². The summed E-state index contributed by atoms with van der Waals surface area (Å²) in [6, 6.07) is 15.7. The Bertz CT molecular complexity index is 1310. The lowest BCUT2D eigenvalue weighted by Gasteiger charge is -2.31. The first-order chi connectivity index (χ1) is 20.1. The minimum Gasteiger partial charge on any atom is -0.378 e. The predicted octanol–water partition coefficient (Wildman–Crippen LogP) is 1.99. The second-order valence-corrected chi connectivity index (χ2v) is 9.19. The first-order valence-electron chi connectivity index (χ1n) is 13.4. The molecule has 2 fully saturated rings. The van der Waals surface area contributed by atoms with E-state index < -0.39 is 18.7 Å². The van der Waals surface area contributed by atoms with Crippen LogP contribution in [0.3, 0.4) is 0 Å². The van der Waals surface area contributed by atoms with Gasteiger partial charge in [0.15, 0.2) is 0 Å². The lowest BCUT2D eigenvalue weighted by atomic mass is 10.2. The molecule has 0 radical (unpaired) electrons. The molecular formula is C28H32N8O5. The molecule has 3 heterocycles. The fourth-order valence-electron chi connectivity index (χ4n) is 4.32. The van der Waals surface area contributed by atoms with Crippen LogP contribution in [0.4, 0.5) is 34.0 Å². The van der Waals surface area contributed by atoms with Crippen LogP contribution >= 0.6 is 0 Å². The number of carbonyl (C=O) groups excluding carboxylic acids is 2. The topological polar surface area (TPSA) is 145 Å². The fourth-order valence-corrected chi connectivity index (χ4v) is 4.32. The molecular weight excluding hydrogens is 528 g/mol. The van der Waals surface area contributed by atoms with Crippen LogP contribution in [0.25, 0.3) is 6.08 Å². The van der Waals surface area contributed by atoms with Crippen LogP contribution in [-0.2, 0) is 14.3 Å². The van der Waals surface area contributed by atoms with Gasteiger partial charge in [0.05, 0.1) is 32.1 Å². The van der Waals surface area contributed by atoms with E-state index in [0.29, 0.717) is 75.9 Å². The molecule has 41 heavy (non-hydrogen) atoms. The summed E-state index contributed by atoms with van der Waals surface area (Å²) in [7, 11) is 0. The number of aliphatic hydroxyl groups excluding tert-OH is 1. The Morgan fingerprint density at radius 3 is 2.00 bits per heavy atom. The molecule has 214 valence electrons. The monoisotopic (exact) mass is 560 g/mol. The third-order valence-electron chi connectivity index (χ3n) is 6.45. The normalized spacial score (nSPS) is 15.5. The van der Waals surface area contributed by atoms with Crippen molar-refractivity contribution in [1.29, 1.82) is 0 Å². The number of benzene rings is 2. The van der Waals surface area contributed by atoms with Gasteiger partial charge in [-0.15, -0.1) is 0 Å². The molecule has 2 aliphatic rings. The zero-order valence-corrected chi connectivity index (χ0v) is 22.5. The molecule has 3 amide bonds. The Morgan fingerprint density at radius 1 is 0.854 bits per heavy atom. The number of nitrogens with zero attached hydrogens (tertiary/aromatic N) is 6. The van der Waals surface area contributed by atoms with Crippen LogP contribution in [-0.4, -0.2) is 91.3 Å². The Kier molecular flexibility index (Phi) is 9.31. The van der Waals surface area contributed by atoms with E-state index in [4.69, 9.17) is 29.5 Å². The van der Waals surface area contributed by atoms with Crippen LogP contribution in [0, 0.1) is 0 Å². The Hall–Kier alpha value is -4.59. The highest BCUT2D eigenvalue weighted by Gasteiger charge is 2.27. The zero-order valence-electron chi connectivity index (χ0n) is 22.5. The molecule has 0 spiro atoms. The largest absolute Gasteiger partial charge is 0.378 e. The number of rotatable bonds is 8. The molecule has 2 saturated heterocycles. The van der Waals surface area contributed by atoms with Crippen molar-refractivity contribution in [2.75, 3.05) is 79.4 Å². The van der Waals surface area contributed by atoms with Crippen molar-refractivity contribution >= 4 is 47.2 Å². The van der Waals surface area contributed by atoms with Crippen LogP contribution in [0.1, 0.15) is 5.56 Å². The maximum absolute atomic E-state index is 13.8. The Morgan fingerprint density at radius 2 is 1.44 bits per heavy atom. The van der Waals surface area contributed by atoms with Crippen molar-refractivity contribution in [2.24, 2.45) is 0 Å². The van der Waals surface area contributed by atoms with Crippen LogP contribution in [0.5, 0.6) is 0 Å². The lowest BCUT2D eigenvalue weighted by molar-refractivity contribution is -0.117. The summed E-state index contributed by atoms with van der Waals surface area (Å²) in [5.41, 5.74) is 1.88. The SMILES string of the molecule is O=C(/C=C/c1ccc(NC(=O)N(c2ccccc2)c2nc(N3CCOCC3)nc(N3CCOCC3)n2)cc1)NCO.